The smallest absolute Gasteiger partial charge is 0.339 e. The van der Waals surface area contributed by atoms with Crippen LogP contribution in [0.1, 0.15) is 15.9 Å². The van der Waals surface area contributed by atoms with Crippen molar-refractivity contribution in [3.63, 3.8) is 0 Å². The molecule has 0 aliphatic rings. The van der Waals surface area contributed by atoms with E-state index in [-0.39, 0.29) is 23.7 Å². The topological polar surface area (TPSA) is 66.8 Å². The molecule has 0 aromatic heterocycles. The highest BCUT2D eigenvalue weighted by molar-refractivity contribution is 9.10. The predicted molar refractivity (Wildman–Crippen MR) is 83.6 cm³/mol. The minimum absolute atomic E-state index is 0.0863. The van der Waals surface area contributed by atoms with Crippen LogP contribution in [0.4, 0.5) is 0 Å². The Hall–Kier alpha value is -1.43. The molecule has 0 radical (unpaired) electrons. The third-order valence-corrected chi connectivity index (χ3v) is 4.04. The Morgan fingerprint density at radius 3 is 2.43 bits per heavy atom. The van der Waals surface area contributed by atoms with Gasteiger partial charge in [-0.3, -0.25) is 0 Å². The number of rotatable bonds is 4. The first-order valence-electron chi connectivity index (χ1n) is 5.71. The van der Waals surface area contributed by atoms with Gasteiger partial charge in [0.1, 0.15) is 23.7 Å². The number of hydrogen-bond acceptors (Lipinski definition) is 3. The first-order chi connectivity index (χ1) is 9.90. The summed E-state index contributed by atoms with van der Waals surface area (Å²) in [5, 5.41) is 19.5. The zero-order chi connectivity index (χ0) is 15.6. The predicted octanol–water partition coefficient (Wildman–Crippen LogP) is 4.74. The number of carboxylic acids is 1. The number of carbonyl (C=O) groups is 1. The van der Waals surface area contributed by atoms with E-state index in [1.807, 2.05) is 0 Å². The van der Waals surface area contributed by atoms with Gasteiger partial charge in [0.2, 0.25) is 0 Å². The van der Waals surface area contributed by atoms with Crippen molar-refractivity contribution in [1.82, 2.24) is 0 Å². The number of halogens is 3. The number of hydrogen-bond donors (Lipinski definition) is 2. The number of carboxylic acid groups (broad SMARTS) is 1. The molecule has 2 N–H and O–H groups in total. The standard InChI is InChI=1S/C14H9BrCl2O4/c15-9-4-7(14(19)20)12(18)5-13(9)21-6-8-10(16)2-1-3-11(8)17/h1-5,18H,6H2,(H,19,20). The van der Waals surface area contributed by atoms with Crippen molar-refractivity contribution >= 4 is 45.1 Å². The molecule has 0 fully saturated rings. The van der Waals surface area contributed by atoms with Crippen LogP contribution in [0.2, 0.25) is 10.0 Å². The summed E-state index contributed by atoms with van der Waals surface area (Å²) in [7, 11) is 0. The van der Waals surface area contributed by atoms with Gasteiger partial charge in [-0.2, -0.15) is 0 Å². The van der Waals surface area contributed by atoms with E-state index in [2.05, 4.69) is 15.9 Å². The molecule has 4 nitrogen and oxygen atoms in total. The van der Waals surface area contributed by atoms with Gasteiger partial charge < -0.3 is 14.9 Å². The van der Waals surface area contributed by atoms with Gasteiger partial charge in [-0.25, -0.2) is 4.79 Å². The molecule has 0 bridgehead atoms. The van der Waals surface area contributed by atoms with Crippen LogP contribution in [0.5, 0.6) is 11.5 Å². The van der Waals surface area contributed by atoms with Crippen molar-refractivity contribution in [1.29, 1.82) is 0 Å². The molecule has 110 valence electrons. The molecule has 0 heterocycles. The van der Waals surface area contributed by atoms with Gasteiger partial charge in [-0.1, -0.05) is 29.3 Å². The fraction of sp³-hybridized carbons (Fsp3) is 0.0714. The second-order valence-electron chi connectivity index (χ2n) is 4.09. The third kappa shape index (κ3) is 3.61. The maximum absolute atomic E-state index is 10.9. The minimum atomic E-state index is -1.23. The monoisotopic (exact) mass is 390 g/mol. The maximum Gasteiger partial charge on any atom is 0.339 e. The molecular weight excluding hydrogens is 383 g/mol. The lowest BCUT2D eigenvalue weighted by Crippen LogP contribution is -2.01. The summed E-state index contributed by atoms with van der Waals surface area (Å²) >= 11 is 15.3. The average Bonchev–Trinajstić information content (AvgIpc) is 2.41. The molecule has 0 amide bonds. The van der Waals surface area contributed by atoms with Crippen LogP contribution < -0.4 is 4.74 Å². The summed E-state index contributed by atoms with van der Waals surface area (Å²) in [4.78, 5) is 10.9. The van der Waals surface area contributed by atoms with E-state index in [9.17, 15) is 9.90 Å². The summed E-state index contributed by atoms with van der Waals surface area (Å²) in [5.41, 5.74) is 0.388. The van der Waals surface area contributed by atoms with Crippen molar-refractivity contribution < 1.29 is 19.7 Å². The Morgan fingerprint density at radius 1 is 1.24 bits per heavy atom. The second-order valence-corrected chi connectivity index (χ2v) is 5.76. The van der Waals surface area contributed by atoms with Gasteiger partial charge in [0.05, 0.1) is 4.47 Å². The van der Waals surface area contributed by atoms with E-state index in [0.717, 1.165) is 0 Å². The van der Waals surface area contributed by atoms with Crippen molar-refractivity contribution in [2.24, 2.45) is 0 Å². The molecule has 2 rings (SSSR count). The Kier molecular flexibility index (Phi) is 4.98. The van der Waals surface area contributed by atoms with Crippen LogP contribution in [-0.2, 0) is 6.61 Å². The Morgan fingerprint density at radius 2 is 1.86 bits per heavy atom. The van der Waals surface area contributed by atoms with Crippen molar-refractivity contribution in [2.45, 2.75) is 6.61 Å². The summed E-state index contributed by atoms with van der Waals surface area (Å²) in [6, 6.07) is 7.58. The molecule has 2 aromatic carbocycles. The van der Waals surface area contributed by atoms with Crippen molar-refractivity contribution in [3.8, 4) is 11.5 Å². The number of ether oxygens (including phenoxy) is 1. The largest absolute Gasteiger partial charge is 0.507 e. The lowest BCUT2D eigenvalue weighted by Gasteiger charge is -2.12. The average molecular weight is 392 g/mol. The van der Waals surface area contributed by atoms with E-state index >= 15 is 0 Å². The molecule has 7 heteroatoms. The number of aromatic hydroxyl groups is 1. The second kappa shape index (κ2) is 6.56. The molecule has 21 heavy (non-hydrogen) atoms. The maximum atomic E-state index is 10.9. The van der Waals surface area contributed by atoms with Crippen molar-refractivity contribution in [2.75, 3.05) is 0 Å². The normalized spacial score (nSPS) is 10.4. The minimum Gasteiger partial charge on any atom is -0.507 e. The molecule has 0 spiro atoms. The first-order valence-corrected chi connectivity index (χ1v) is 7.26. The van der Waals surface area contributed by atoms with E-state index in [4.69, 9.17) is 33.0 Å². The molecule has 0 saturated heterocycles. The van der Waals surface area contributed by atoms with E-state index in [1.54, 1.807) is 18.2 Å². The Bertz CT molecular complexity index is 683. The number of aromatic carboxylic acids is 1. The van der Waals surface area contributed by atoms with Gasteiger partial charge in [0.15, 0.2) is 0 Å². The quantitative estimate of drug-likeness (QED) is 0.789. The number of phenols is 1. The first kappa shape index (κ1) is 15.9. The van der Waals surface area contributed by atoms with Crippen LogP contribution in [0.25, 0.3) is 0 Å². The highest BCUT2D eigenvalue weighted by atomic mass is 79.9. The highest BCUT2D eigenvalue weighted by Crippen LogP contribution is 2.34. The lowest BCUT2D eigenvalue weighted by molar-refractivity contribution is 0.0693. The van der Waals surface area contributed by atoms with Crippen LogP contribution in [0.15, 0.2) is 34.8 Å². The third-order valence-electron chi connectivity index (χ3n) is 2.71. The van der Waals surface area contributed by atoms with Crippen LogP contribution in [0.3, 0.4) is 0 Å². The summed E-state index contributed by atoms with van der Waals surface area (Å²) in [6.07, 6.45) is 0. The van der Waals surface area contributed by atoms with Gasteiger partial charge >= 0.3 is 5.97 Å². The molecule has 2 aromatic rings. The fourth-order valence-electron chi connectivity index (χ4n) is 1.64. The zero-order valence-corrected chi connectivity index (χ0v) is 13.5. The van der Waals surface area contributed by atoms with E-state index in [1.165, 1.54) is 12.1 Å². The molecule has 0 aliphatic heterocycles. The van der Waals surface area contributed by atoms with Crippen LogP contribution in [-0.4, -0.2) is 16.2 Å². The van der Waals surface area contributed by atoms with E-state index in [0.29, 0.717) is 20.1 Å². The Labute approximate surface area is 139 Å². The van der Waals surface area contributed by atoms with Gasteiger partial charge in [0, 0.05) is 21.7 Å². The molecule has 0 aliphatic carbocycles. The van der Waals surface area contributed by atoms with Crippen molar-refractivity contribution in [3.05, 3.63) is 56.0 Å². The van der Waals surface area contributed by atoms with Crippen LogP contribution in [0, 0.1) is 0 Å². The summed E-state index contributed by atoms with van der Waals surface area (Å²) in [6.45, 7) is 0.0863. The molecular formula is C14H9BrCl2O4. The van der Waals surface area contributed by atoms with Gasteiger partial charge in [-0.05, 0) is 34.1 Å². The molecule has 0 atom stereocenters. The van der Waals surface area contributed by atoms with Crippen LogP contribution >= 0.6 is 39.1 Å². The van der Waals surface area contributed by atoms with E-state index < -0.39 is 5.97 Å². The SMILES string of the molecule is O=C(O)c1cc(Br)c(OCc2c(Cl)cccc2Cl)cc1O. The van der Waals surface area contributed by atoms with Gasteiger partial charge in [0.25, 0.3) is 0 Å². The lowest BCUT2D eigenvalue weighted by atomic mass is 10.2. The summed E-state index contributed by atoms with van der Waals surface area (Å²) < 4.78 is 5.93. The Balaban J connectivity index is 2.25. The molecule has 0 saturated carbocycles. The highest BCUT2D eigenvalue weighted by Gasteiger charge is 2.15. The zero-order valence-electron chi connectivity index (χ0n) is 10.4. The number of benzene rings is 2. The van der Waals surface area contributed by atoms with Gasteiger partial charge in [-0.15, -0.1) is 0 Å². The summed E-state index contributed by atoms with van der Waals surface area (Å²) in [5.74, 6) is -1.33. The fourth-order valence-corrected chi connectivity index (χ4v) is 2.61. The molecule has 0 unspecified atom stereocenters.